The van der Waals surface area contributed by atoms with Crippen molar-refractivity contribution in [2.45, 2.75) is 25.5 Å². The number of sulfonamides is 1. The van der Waals surface area contributed by atoms with Crippen LogP contribution in [0.1, 0.15) is 20.3 Å². The fraction of sp³-hybridized carbons (Fsp3) is 0.700. The molecule has 0 aromatic rings. The molecule has 0 bridgehead atoms. The van der Waals surface area contributed by atoms with E-state index in [1.165, 1.54) is 6.92 Å². The van der Waals surface area contributed by atoms with Crippen molar-refractivity contribution in [3.05, 3.63) is 0 Å². The summed E-state index contributed by atoms with van der Waals surface area (Å²) < 4.78 is 31.3. The van der Waals surface area contributed by atoms with Gasteiger partial charge in [-0.15, -0.1) is 0 Å². The van der Waals surface area contributed by atoms with Gasteiger partial charge in [0.2, 0.25) is 10.0 Å². The van der Waals surface area contributed by atoms with Gasteiger partial charge in [-0.3, -0.25) is 10.1 Å². The monoisotopic (exact) mass is 291 g/mol. The third-order valence-electron chi connectivity index (χ3n) is 2.41. The van der Waals surface area contributed by atoms with Crippen molar-refractivity contribution in [3.8, 4) is 0 Å². The quantitative estimate of drug-likeness (QED) is 0.609. The molecule has 0 radical (unpaired) electrons. The van der Waals surface area contributed by atoms with Crippen molar-refractivity contribution >= 4 is 27.7 Å². The summed E-state index contributed by atoms with van der Waals surface area (Å²) in [6.07, 6.45) is 0.497. The van der Waals surface area contributed by atoms with Gasteiger partial charge in [-0.2, -0.15) is 0 Å². The van der Waals surface area contributed by atoms with Gasteiger partial charge in [-0.1, -0.05) is 0 Å². The number of ether oxygens (including phenoxy) is 1. The predicted octanol–water partition coefficient (Wildman–Crippen LogP) is -0.588. The second-order valence-electron chi connectivity index (χ2n) is 3.92. The van der Waals surface area contributed by atoms with Gasteiger partial charge in [0, 0.05) is 25.5 Å². The minimum absolute atomic E-state index is 0.0361. The molecule has 2 N–H and O–H groups in total. The third kappa shape index (κ3) is 4.37. The number of imide groups is 1. The molecule has 1 rings (SSSR count). The number of nitrogens with zero attached hydrogens (tertiary/aromatic N) is 1. The summed E-state index contributed by atoms with van der Waals surface area (Å²) in [6.45, 7) is 4.33. The first-order chi connectivity index (χ1) is 8.88. The Kier molecular flexibility index (Phi) is 5.58. The van der Waals surface area contributed by atoms with E-state index in [4.69, 9.17) is 4.74 Å². The highest BCUT2D eigenvalue weighted by Gasteiger charge is 2.38. The molecular weight excluding hydrogens is 274 g/mol. The molecule has 1 aliphatic heterocycles. The van der Waals surface area contributed by atoms with Crippen molar-refractivity contribution in [3.63, 3.8) is 0 Å². The van der Waals surface area contributed by atoms with Crippen LogP contribution < -0.4 is 10.0 Å². The SMILES string of the molecule is CCOCCCNS(=O)(=O)C1C(=O)NC(=O)N=C1C. The average Bonchev–Trinajstić information content (AvgIpc) is 2.26. The number of rotatable bonds is 7. The van der Waals surface area contributed by atoms with Crippen molar-refractivity contribution in [2.75, 3.05) is 19.8 Å². The predicted molar refractivity (Wildman–Crippen MR) is 68.5 cm³/mol. The smallest absolute Gasteiger partial charge is 0.347 e. The molecule has 0 saturated heterocycles. The van der Waals surface area contributed by atoms with E-state index in [1.54, 1.807) is 0 Å². The molecule has 108 valence electrons. The van der Waals surface area contributed by atoms with E-state index in [0.29, 0.717) is 19.6 Å². The van der Waals surface area contributed by atoms with E-state index in [9.17, 15) is 18.0 Å². The zero-order chi connectivity index (χ0) is 14.5. The maximum Gasteiger partial charge on any atom is 0.347 e. The average molecular weight is 291 g/mol. The standard InChI is InChI=1S/C10H17N3O5S/c1-3-18-6-4-5-11-19(16,17)8-7(2)12-10(15)13-9(8)14/h8,11H,3-6H2,1-2H3,(H,13,14,15). The van der Waals surface area contributed by atoms with Gasteiger partial charge in [0.05, 0.1) is 0 Å². The van der Waals surface area contributed by atoms with Crippen molar-refractivity contribution in [1.29, 1.82) is 0 Å². The number of carbonyl (C=O) groups excluding carboxylic acids is 2. The highest BCUT2D eigenvalue weighted by atomic mass is 32.2. The Bertz CT molecular complexity index is 485. The molecule has 1 atom stereocenters. The molecule has 8 nitrogen and oxygen atoms in total. The maximum absolute atomic E-state index is 11.9. The molecule has 0 aromatic heterocycles. The number of aliphatic imine (C=N–C) groups is 1. The molecular formula is C10H17N3O5S. The Morgan fingerprint density at radius 3 is 2.68 bits per heavy atom. The first-order valence-corrected chi connectivity index (χ1v) is 7.39. The van der Waals surface area contributed by atoms with Gasteiger partial charge in [0.1, 0.15) is 0 Å². The molecule has 0 spiro atoms. The van der Waals surface area contributed by atoms with Gasteiger partial charge in [-0.25, -0.2) is 22.9 Å². The summed E-state index contributed by atoms with van der Waals surface area (Å²) in [7, 11) is -3.89. The number of amides is 3. The van der Waals surface area contributed by atoms with Crippen LogP contribution in [0.15, 0.2) is 4.99 Å². The summed E-state index contributed by atoms with van der Waals surface area (Å²) in [5, 5.41) is 0.407. The van der Waals surface area contributed by atoms with Gasteiger partial charge in [-0.05, 0) is 20.3 Å². The second kappa shape index (κ2) is 6.73. The highest BCUT2D eigenvalue weighted by molar-refractivity contribution is 7.91. The van der Waals surface area contributed by atoms with Gasteiger partial charge in [0.25, 0.3) is 5.91 Å². The van der Waals surface area contributed by atoms with Crippen LogP contribution in [-0.4, -0.2) is 51.1 Å². The minimum atomic E-state index is -3.89. The zero-order valence-electron chi connectivity index (χ0n) is 10.8. The Morgan fingerprint density at radius 2 is 2.11 bits per heavy atom. The van der Waals surface area contributed by atoms with Crippen LogP contribution in [-0.2, 0) is 19.6 Å². The summed E-state index contributed by atoms with van der Waals surface area (Å²) in [5.74, 6) is -0.880. The number of urea groups is 1. The van der Waals surface area contributed by atoms with Crippen LogP contribution >= 0.6 is 0 Å². The van der Waals surface area contributed by atoms with E-state index in [0.717, 1.165) is 0 Å². The molecule has 0 aliphatic carbocycles. The van der Waals surface area contributed by atoms with Crippen molar-refractivity contribution in [1.82, 2.24) is 10.0 Å². The van der Waals surface area contributed by atoms with Crippen LogP contribution in [0.2, 0.25) is 0 Å². The molecule has 0 saturated carbocycles. The van der Waals surface area contributed by atoms with Crippen LogP contribution in [0.3, 0.4) is 0 Å². The lowest BCUT2D eigenvalue weighted by Gasteiger charge is -2.20. The Hall–Kier alpha value is -1.32. The molecule has 3 amide bonds. The summed E-state index contributed by atoms with van der Waals surface area (Å²) in [4.78, 5) is 25.9. The number of hydrogen-bond acceptors (Lipinski definition) is 5. The lowest BCUT2D eigenvalue weighted by atomic mass is 10.2. The molecule has 1 aliphatic rings. The van der Waals surface area contributed by atoms with E-state index < -0.39 is 27.2 Å². The van der Waals surface area contributed by atoms with Crippen molar-refractivity contribution < 1.29 is 22.7 Å². The second-order valence-corrected chi connectivity index (χ2v) is 5.77. The molecule has 1 unspecified atom stereocenters. The molecule has 19 heavy (non-hydrogen) atoms. The molecule has 0 aromatic carbocycles. The fourth-order valence-corrected chi connectivity index (χ4v) is 3.03. The Balaban J connectivity index is 2.64. The normalized spacial score (nSPS) is 20.1. The molecule has 9 heteroatoms. The lowest BCUT2D eigenvalue weighted by molar-refractivity contribution is -0.118. The first kappa shape index (κ1) is 15.7. The van der Waals surface area contributed by atoms with Crippen LogP contribution in [0.25, 0.3) is 0 Å². The largest absolute Gasteiger partial charge is 0.382 e. The number of nitrogens with one attached hydrogen (secondary N) is 2. The summed E-state index contributed by atoms with van der Waals surface area (Å²) >= 11 is 0. The van der Waals surface area contributed by atoms with Gasteiger partial charge in [0.15, 0.2) is 5.25 Å². The topological polar surface area (TPSA) is 114 Å². The first-order valence-electron chi connectivity index (χ1n) is 5.84. The van der Waals surface area contributed by atoms with Crippen LogP contribution in [0.5, 0.6) is 0 Å². The lowest BCUT2D eigenvalue weighted by Crippen LogP contribution is -2.53. The fourth-order valence-electron chi connectivity index (χ4n) is 1.59. The number of carbonyl (C=O) groups is 2. The third-order valence-corrected chi connectivity index (χ3v) is 4.19. The minimum Gasteiger partial charge on any atom is -0.382 e. The summed E-state index contributed by atoms with van der Waals surface area (Å²) in [5.41, 5.74) is -0.0361. The van der Waals surface area contributed by atoms with E-state index in [-0.39, 0.29) is 12.3 Å². The van der Waals surface area contributed by atoms with Gasteiger partial charge < -0.3 is 4.74 Å². The molecule has 1 heterocycles. The van der Waals surface area contributed by atoms with E-state index in [1.807, 2.05) is 12.2 Å². The molecule has 0 fully saturated rings. The van der Waals surface area contributed by atoms with Gasteiger partial charge >= 0.3 is 6.03 Å². The highest BCUT2D eigenvalue weighted by Crippen LogP contribution is 2.07. The van der Waals surface area contributed by atoms with E-state index in [2.05, 4.69) is 9.71 Å². The number of hydrogen-bond donors (Lipinski definition) is 2. The van der Waals surface area contributed by atoms with Crippen molar-refractivity contribution in [2.24, 2.45) is 4.99 Å². The van der Waals surface area contributed by atoms with Crippen LogP contribution in [0.4, 0.5) is 4.79 Å². The van der Waals surface area contributed by atoms with E-state index >= 15 is 0 Å². The van der Waals surface area contributed by atoms with Crippen LogP contribution in [0, 0.1) is 0 Å². The summed E-state index contributed by atoms with van der Waals surface area (Å²) in [6, 6.07) is -0.842. The Labute approximate surface area is 111 Å². The Morgan fingerprint density at radius 1 is 1.42 bits per heavy atom. The zero-order valence-corrected chi connectivity index (χ0v) is 11.6. The maximum atomic E-state index is 11.9.